The fourth-order valence-corrected chi connectivity index (χ4v) is 3.14. The molecule has 0 radical (unpaired) electrons. The van der Waals surface area contributed by atoms with Crippen LogP contribution in [0.5, 0.6) is 5.75 Å². The maximum absolute atomic E-state index is 12.0. The molecule has 0 aromatic heterocycles. The van der Waals surface area contributed by atoms with E-state index >= 15 is 0 Å². The first-order chi connectivity index (χ1) is 10.7. The van der Waals surface area contributed by atoms with Crippen molar-refractivity contribution in [2.75, 3.05) is 12.9 Å². The molecule has 1 aromatic carbocycles. The summed E-state index contributed by atoms with van der Waals surface area (Å²) < 4.78 is 11.0. The lowest BCUT2D eigenvalue weighted by Crippen LogP contribution is -2.37. The van der Waals surface area contributed by atoms with Gasteiger partial charge in [-0.25, -0.2) is 9.59 Å². The second kappa shape index (κ2) is 6.70. The van der Waals surface area contributed by atoms with Crippen LogP contribution in [0.3, 0.4) is 0 Å². The molecule has 1 aliphatic rings. The predicted octanol–water partition coefficient (Wildman–Crippen LogP) is 3.46. The minimum Gasteiger partial charge on any atom is -0.492 e. The summed E-state index contributed by atoms with van der Waals surface area (Å²) in [4.78, 5) is 23.9. The fraction of sp³-hybridized carbons (Fsp3) is 0.500. The fourth-order valence-electron chi connectivity index (χ4n) is 2.41. The summed E-state index contributed by atoms with van der Waals surface area (Å²) in [6.45, 7) is 5.81. The van der Waals surface area contributed by atoms with Crippen molar-refractivity contribution in [1.29, 1.82) is 0 Å². The molecule has 1 amide bonds. The van der Waals surface area contributed by atoms with Gasteiger partial charge in [-0.15, -0.1) is 11.8 Å². The van der Waals surface area contributed by atoms with Crippen molar-refractivity contribution in [3.63, 3.8) is 0 Å². The van der Waals surface area contributed by atoms with Gasteiger partial charge in [0.1, 0.15) is 11.4 Å². The number of aromatic carboxylic acids is 1. The Morgan fingerprint density at radius 3 is 2.65 bits per heavy atom. The molecular weight excluding hydrogens is 318 g/mol. The Morgan fingerprint density at radius 1 is 1.39 bits per heavy atom. The van der Waals surface area contributed by atoms with Crippen LogP contribution in [0.1, 0.15) is 49.2 Å². The summed E-state index contributed by atoms with van der Waals surface area (Å²) in [5.74, 6) is -0.465. The smallest absolute Gasteiger partial charge is 0.408 e. The number of hydrogen-bond acceptors (Lipinski definition) is 5. The third-order valence-corrected chi connectivity index (χ3v) is 4.11. The number of ether oxygens (including phenoxy) is 2. The number of amides is 1. The Bertz CT molecular complexity index is 624. The summed E-state index contributed by atoms with van der Waals surface area (Å²) in [5, 5.41) is 12.1. The first kappa shape index (κ1) is 17.5. The SMILES string of the molecule is CSc1c(C(=O)O)ccc2c1OCCC2NC(=O)OC(C)(C)C. The maximum Gasteiger partial charge on any atom is 0.408 e. The Morgan fingerprint density at radius 2 is 2.09 bits per heavy atom. The zero-order valence-corrected chi connectivity index (χ0v) is 14.5. The van der Waals surface area contributed by atoms with Crippen molar-refractivity contribution < 1.29 is 24.2 Å². The first-order valence-corrected chi connectivity index (χ1v) is 8.52. The summed E-state index contributed by atoms with van der Waals surface area (Å²) >= 11 is 1.32. The third-order valence-electron chi connectivity index (χ3n) is 3.30. The van der Waals surface area contributed by atoms with Crippen LogP contribution < -0.4 is 10.1 Å². The minimum atomic E-state index is -0.997. The molecule has 0 fully saturated rings. The highest BCUT2D eigenvalue weighted by Crippen LogP contribution is 2.41. The standard InChI is InChI=1S/C16H21NO5S/c1-16(2,3)22-15(20)17-11-7-8-21-12-9(11)5-6-10(14(18)19)13(12)23-4/h5-6,11H,7-8H2,1-4H3,(H,17,20)(H,18,19). The van der Waals surface area contributed by atoms with E-state index in [1.54, 1.807) is 39.2 Å². The van der Waals surface area contributed by atoms with Crippen LogP contribution >= 0.6 is 11.8 Å². The van der Waals surface area contributed by atoms with Gasteiger partial charge in [-0.1, -0.05) is 6.07 Å². The van der Waals surface area contributed by atoms with E-state index < -0.39 is 17.7 Å². The minimum absolute atomic E-state index is 0.203. The van der Waals surface area contributed by atoms with Gasteiger partial charge in [-0.3, -0.25) is 0 Å². The molecule has 1 aromatic rings. The molecular formula is C16H21NO5S. The lowest BCUT2D eigenvalue weighted by Gasteiger charge is -2.29. The highest BCUT2D eigenvalue weighted by atomic mass is 32.2. The molecule has 0 saturated carbocycles. The molecule has 7 heteroatoms. The van der Waals surface area contributed by atoms with Crippen molar-refractivity contribution in [3.05, 3.63) is 23.3 Å². The van der Waals surface area contributed by atoms with Crippen LogP contribution in [-0.2, 0) is 4.74 Å². The number of carbonyl (C=O) groups excluding carboxylic acids is 1. The average molecular weight is 339 g/mol. The summed E-state index contributed by atoms with van der Waals surface area (Å²) in [5.41, 5.74) is 0.404. The van der Waals surface area contributed by atoms with Gasteiger partial charge in [0.15, 0.2) is 0 Å². The Balaban J connectivity index is 2.29. The second-order valence-corrected chi connectivity index (χ2v) is 7.02. The van der Waals surface area contributed by atoms with Crippen molar-refractivity contribution in [3.8, 4) is 5.75 Å². The molecule has 23 heavy (non-hydrogen) atoms. The predicted molar refractivity (Wildman–Crippen MR) is 87.4 cm³/mol. The number of carboxylic acid groups (broad SMARTS) is 1. The van der Waals surface area contributed by atoms with Crippen LogP contribution in [-0.4, -0.2) is 35.6 Å². The monoisotopic (exact) mass is 339 g/mol. The van der Waals surface area contributed by atoms with Crippen LogP contribution in [0, 0.1) is 0 Å². The average Bonchev–Trinajstić information content (AvgIpc) is 2.44. The molecule has 126 valence electrons. The lowest BCUT2D eigenvalue weighted by atomic mass is 9.98. The van der Waals surface area contributed by atoms with E-state index in [1.165, 1.54) is 11.8 Å². The molecule has 2 rings (SSSR count). The first-order valence-electron chi connectivity index (χ1n) is 7.29. The van der Waals surface area contributed by atoms with E-state index in [-0.39, 0.29) is 11.6 Å². The summed E-state index contributed by atoms with van der Waals surface area (Å²) in [7, 11) is 0. The Hall–Kier alpha value is -1.89. The van der Waals surface area contributed by atoms with Gasteiger partial charge in [0.25, 0.3) is 0 Å². The number of carbonyl (C=O) groups is 2. The zero-order chi connectivity index (χ0) is 17.2. The van der Waals surface area contributed by atoms with E-state index in [2.05, 4.69) is 5.32 Å². The van der Waals surface area contributed by atoms with Crippen LogP contribution in [0.25, 0.3) is 0 Å². The van der Waals surface area contributed by atoms with Crippen molar-refractivity contribution >= 4 is 23.8 Å². The number of rotatable bonds is 3. The van der Waals surface area contributed by atoms with Gasteiger partial charge in [0.05, 0.1) is 23.1 Å². The maximum atomic E-state index is 12.0. The summed E-state index contributed by atoms with van der Waals surface area (Å²) in [6.07, 6.45) is 1.91. The molecule has 0 bridgehead atoms. The van der Waals surface area contributed by atoms with E-state index in [0.29, 0.717) is 23.7 Å². The van der Waals surface area contributed by atoms with Gasteiger partial charge < -0.3 is 19.9 Å². The van der Waals surface area contributed by atoms with E-state index in [9.17, 15) is 14.7 Å². The molecule has 1 atom stereocenters. The quantitative estimate of drug-likeness (QED) is 0.821. The number of hydrogen-bond donors (Lipinski definition) is 2. The molecule has 1 heterocycles. The van der Waals surface area contributed by atoms with Crippen molar-refractivity contribution in [2.24, 2.45) is 0 Å². The van der Waals surface area contributed by atoms with Crippen LogP contribution in [0.2, 0.25) is 0 Å². The second-order valence-electron chi connectivity index (χ2n) is 6.21. The molecule has 0 spiro atoms. The third kappa shape index (κ3) is 4.10. The highest BCUT2D eigenvalue weighted by molar-refractivity contribution is 7.98. The molecule has 1 aliphatic heterocycles. The van der Waals surface area contributed by atoms with Gasteiger partial charge in [0, 0.05) is 12.0 Å². The lowest BCUT2D eigenvalue weighted by molar-refractivity contribution is 0.0489. The number of alkyl carbamates (subject to hydrolysis) is 1. The van der Waals surface area contributed by atoms with Crippen LogP contribution in [0.4, 0.5) is 4.79 Å². The zero-order valence-electron chi connectivity index (χ0n) is 13.6. The van der Waals surface area contributed by atoms with E-state index in [4.69, 9.17) is 9.47 Å². The molecule has 2 N–H and O–H groups in total. The molecule has 1 unspecified atom stereocenters. The van der Waals surface area contributed by atoms with Crippen molar-refractivity contribution in [1.82, 2.24) is 5.32 Å². The van der Waals surface area contributed by atoms with E-state index in [0.717, 1.165) is 5.56 Å². The molecule has 0 aliphatic carbocycles. The number of thioether (sulfide) groups is 1. The van der Waals surface area contributed by atoms with Gasteiger partial charge in [-0.05, 0) is 33.1 Å². The normalized spacial score (nSPS) is 17.0. The number of benzene rings is 1. The van der Waals surface area contributed by atoms with Crippen molar-refractivity contribution in [2.45, 2.75) is 43.7 Å². The number of carboxylic acids is 1. The summed E-state index contributed by atoms with van der Waals surface area (Å²) in [6, 6.07) is 2.98. The molecule has 6 nitrogen and oxygen atoms in total. The van der Waals surface area contributed by atoms with Crippen LogP contribution in [0.15, 0.2) is 17.0 Å². The largest absolute Gasteiger partial charge is 0.492 e. The number of fused-ring (bicyclic) bond motifs is 1. The number of nitrogens with one attached hydrogen (secondary N) is 1. The Kier molecular flexibility index (Phi) is 5.09. The van der Waals surface area contributed by atoms with E-state index in [1.807, 2.05) is 0 Å². The topological polar surface area (TPSA) is 84.9 Å². The van der Waals surface area contributed by atoms with Gasteiger partial charge in [0.2, 0.25) is 0 Å². The van der Waals surface area contributed by atoms with Gasteiger partial charge in [-0.2, -0.15) is 0 Å². The Labute approximate surface area is 139 Å². The molecule has 0 saturated heterocycles. The highest BCUT2D eigenvalue weighted by Gasteiger charge is 2.29. The van der Waals surface area contributed by atoms with Gasteiger partial charge >= 0.3 is 12.1 Å².